The van der Waals surface area contributed by atoms with E-state index in [-0.39, 0.29) is 36.6 Å². The van der Waals surface area contributed by atoms with E-state index >= 15 is 0 Å². The van der Waals surface area contributed by atoms with Gasteiger partial charge in [0, 0.05) is 23.7 Å². The summed E-state index contributed by atoms with van der Waals surface area (Å²) < 4.78 is 5.20. The lowest BCUT2D eigenvalue weighted by Gasteiger charge is -2.23. The van der Waals surface area contributed by atoms with Gasteiger partial charge in [-0.2, -0.15) is 0 Å². The molecule has 2 N–H and O–H groups in total. The fraction of sp³-hybridized carbons (Fsp3) is 0.333. The second kappa shape index (κ2) is 8.71. The van der Waals surface area contributed by atoms with Crippen LogP contribution in [-0.2, 0) is 12.0 Å². The largest absolute Gasteiger partial charge is 0.497 e. The summed E-state index contributed by atoms with van der Waals surface area (Å²) in [6.45, 7) is 6.41. The molecule has 3 rings (SSSR count). The van der Waals surface area contributed by atoms with Gasteiger partial charge in [0.05, 0.1) is 25.8 Å². The molecule has 0 unspecified atom stereocenters. The van der Waals surface area contributed by atoms with Crippen molar-refractivity contribution in [2.75, 3.05) is 20.3 Å². The molecule has 0 saturated carbocycles. The van der Waals surface area contributed by atoms with Gasteiger partial charge in [-0.05, 0) is 46.7 Å². The molecule has 0 atom stereocenters. The van der Waals surface area contributed by atoms with E-state index in [1.807, 2.05) is 24.3 Å². The number of nitrogens with zero attached hydrogens (tertiary/aromatic N) is 1. The number of nitrogens with one attached hydrogen (secondary N) is 1. The van der Waals surface area contributed by atoms with E-state index < -0.39 is 0 Å². The molecule has 1 heterocycles. The summed E-state index contributed by atoms with van der Waals surface area (Å²) in [7, 11) is 1.57. The molecule has 0 aliphatic rings. The summed E-state index contributed by atoms with van der Waals surface area (Å²) in [5.41, 5.74) is 2.51. The Balaban J connectivity index is 1.88. The fourth-order valence-electron chi connectivity index (χ4n) is 3.34. The first-order chi connectivity index (χ1) is 14.2. The highest BCUT2D eigenvalue weighted by Gasteiger charge is 2.19. The van der Waals surface area contributed by atoms with E-state index in [0.717, 1.165) is 10.9 Å². The zero-order chi connectivity index (χ0) is 21.9. The molecule has 6 heteroatoms. The molecule has 1 aromatic heterocycles. The second-order valence-corrected chi connectivity index (χ2v) is 8.35. The van der Waals surface area contributed by atoms with Crippen molar-refractivity contribution in [2.24, 2.45) is 0 Å². The van der Waals surface area contributed by atoms with Crippen molar-refractivity contribution < 1.29 is 14.6 Å². The predicted octanol–water partition coefficient (Wildman–Crippen LogP) is 3.47. The lowest BCUT2D eigenvalue weighted by atomic mass is 9.86. The number of aromatic nitrogens is 1. The fourth-order valence-corrected chi connectivity index (χ4v) is 3.34. The van der Waals surface area contributed by atoms with Gasteiger partial charge in [0.15, 0.2) is 0 Å². The Bertz CT molecular complexity index is 1090. The van der Waals surface area contributed by atoms with Gasteiger partial charge in [-0.1, -0.05) is 32.9 Å². The van der Waals surface area contributed by atoms with Crippen LogP contribution in [0, 0.1) is 0 Å². The summed E-state index contributed by atoms with van der Waals surface area (Å²) in [6, 6.07) is 14.7. The molecular formula is C24H28N2O4. The van der Waals surface area contributed by atoms with Crippen LogP contribution in [0.2, 0.25) is 0 Å². The number of ether oxygens (including phenoxy) is 1. The van der Waals surface area contributed by atoms with Crippen LogP contribution < -0.4 is 10.3 Å². The van der Waals surface area contributed by atoms with Crippen LogP contribution in [0.3, 0.4) is 0 Å². The average molecular weight is 408 g/mol. The number of fused-ring (bicyclic) bond motifs is 1. The molecule has 6 nitrogen and oxygen atoms in total. The molecule has 0 bridgehead atoms. The molecule has 0 spiro atoms. The van der Waals surface area contributed by atoms with Crippen LogP contribution in [0.15, 0.2) is 53.3 Å². The van der Waals surface area contributed by atoms with Crippen LogP contribution in [0.4, 0.5) is 0 Å². The van der Waals surface area contributed by atoms with Gasteiger partial charge in [0.25, 0.3) is 11.5 Å². The maximum absolute atomic E-state index is 13.0. The van der Waals surface area contributed by atoms with Gasteiger partial charge in [0.2, 0.25) is 0 Å². The monoisotopic (exact) mass is 408 g/mol. The maximum atomic E-state index is 13.0. The first-order valence-corrected chi connectivity index (χ1v) is 9.93. The summed E-state index contributed by atoms with van der Waals surface area (Å²) in [4.78, 5) is 30.0. The minimum absolute atomic E-state index is 0.00651. The summed E-state index contributed by atoms with van der Waals surface area (Å²) in [5, 5.41) is 10.3. The normalized spacial score (nSPS) is 11.5. The van der Waals surface area contributed by atoms with Gasteiger partial charge < -0.3 is 19.7 Å². The Hall–Kier alpha value is -3.12. The van der Waals surface area contributed by atoms with Gasteiger partial charge in [-0.15, -0.1) is 0 Å². The van der Waals surface area contributed by atoms with Gasteiger partial charge >= 0.3 is 0 Å². The standard InChI is InChI=1S/C24H28N2O4/c1-24(2,3)19-8-5-16(6-9-19)23(29)26(11-12-27)15-18-13-17-7-10-20(30-4)14-21(17)25-22(18)28/h5-10,13-14,27H,11-12,15H2,1-4H3,(H,25,28). The van der Waals surface area contributed by atoms with Crippen molar-refractivity contribution in [1.29, 1.82) is 0 Å². The van der Waals surface area contributed by atoms with E-state index in [2.05, 4.69) is 25.8 Å². The molecule has 30 heavy (non-hydrogen) atoms. The number of aliphatic hydroxyl groups is 1. The van der Waals surface area contributed by atoms with E-state index in [1.165, 1.54) is 4.90 Å². The average Bonchev–Trinajstić information content (AvgIpc) is 2.72. The maximum Gasteiger partial charge on any atom is 0.254 e. The molecule has 1 amide bonds. The zero-order valence-corrected chi connectivity index (χ0v) is 17.9. The third-order valence-electron chi connectivity index (χ3n) is 5.15. The number of rotatable bonds is 6. The van der Waals surface area contributed by atoms with Crippen molar-refractivity contribution in [3.05, 3.63) is 75.6 Å². The third-order valence-corrected chi connectivity index (χ3v) is 5.15. The molecule has 2 aromatic carbocycles. The van der Waals surface area contributed by atoms with Crippen LogP contribution in [0.5, 0.6) is 5.75 Å². The molecule has 0 saturated heterocycles. The lowest BCUT2D eigenvalue weighted by Crippen LogP contribution is -2.35. The zero-order valence-electron chi connectivity index (χ0n) is 17.9. The van der Waals surface area contributed by atoms with E-state index in [9.17, 15) is 14.7 Å². The molecule has 0 fully saturated rings. The number of aromatic amines is 1. The van der Waals surface area contributed by atoms with Gasteiger partial charge in [-0.3, -0.25) is 9.59 Å². The number of hydrogen-bond donors (Lipinski definition) is 2. The highest BCUT2D eigenvalue weighted by Crippen LogP contribution is 2.23. The summed E-state index contributed by atoms with van der Waals surface area (Å²) >= 11 is 0. The smallest absolute Gasteiger partial charge is 0.254 e. The topological polar surface area (TPSA) is 82.6 Å². The first kappa shape index (κ1) is 21.6. The third kappa shape index (κ3) is 4.71. The Kier molecular flexibility index (Phi) is 6.27. The Morgan fingerprint density at radius 1 is 1.10 bits per heavy atom. The molecule has 0 aliphatic heterocycles. The first-order valence-electron chi connectivity index (χ1n) is 9.93. The number of pyridine rings is 1. The number of carbonyl (C=O) groups excluding carboxylic acids is 1. The van der Waals surface area contributed by atoms with Crippen LogP contribution in [0.25, 0.3) is 10.9 Å². The van der Waals surface area contributed by atoms with E-state index in [0.29, 0.717) is 22.4 Å². The highest BCUT2D eigenvalue weighted by molar-refractivity contribution is 5.94. The minimum atomic E-state index is -0.269. The number of amides is 1. The summed E-state index contributed by atoms with van der Waals surface area (Å²) in [5.74, 6) is 0.431. The Morgan fingerprint density at radius 2 is 1.80 bits per heavy atom. The van der Waals surface area contributed by atoms with Crippen molar-refractivity contribution in [2.45, 2.75) is 32.7 Å². The van der Waals surface area contributed by atoms with Crippen molar-refractivity contribution >= 4 is 16.8 Å². The number of carbonyl (C=O) groups is 1. The number of aliphatic hydroxyl groups excluding tert-OH is 1. The molecule has 0 aliphatic carbocycles. The van der Waals surface area contributed by atoms with Crippen molar-refractivity contribution in [1.82, 2.24) is 9.88 Å². The van der Waals surface area contributed by atoms with Gasteiger partial charge in [-0.25, -0.2) is 0 Å². The SMILES string of the molecule is COc1ccc2cc(CN(CCO)C(=O)c3ccc(C(C)(C)C)cc3)c(=O)[nH]c2c1. The highest BCUT2D eigenvalue weighted by atomic mass is 16.5. The molecular weight excluding hydrogens is 380 g/mol. The van der Waals surface area contributed by atoms with Crippen molar-refractivity contribution in [3.8, 4) is 5.75 Å². The number of H-pyrrole nitrogens is 1. The summed E-state index contributed by atoms with van der Waals surface area (Å²) in [6.07, 6.45) is 0. The molecule has 158 valence electrons. The van der Waals surface area contributed by atoms with Crippen molar-refractivity contribution in [3.63, 3.8) is 0 Å². The Morgan fingerprint density at radius 3 is 2.40 bits per heavy atom. The van der Waals surface area contributed by atoms with Crippen LogP contribution >= 0.6 is 0 Å². The minimum Gasteiger partial charge on any atom is -0.497 e. The van der Waals surface area contributed by atoms with Crippen LogP contribution in [0.1, 0.15) is 42.3 Å². The van der Waals surface area contributed by atoms with Gasteiger partial charge in [0.1, 0.15) is 5.75 Å². The number of benzene rings is 2. The van der Waals surface area contributed by atoms with E-state index in [4.69, 9.17) is 4.74 Å². The number of hydrogen-bond acceptors (Lipinski definition) is 4. The van der Waals surface area contributed by atoms with E-state index in [1.54, 1.807) is 31.4 Å². The van der Waals surface area contributed by atoms with Crippen LogP contribution in [-0.4, -0.2) is 41.2 Å². The molecule has 0 radical (unpaired) electrons. The quantitative estimate of drug-likeness (QED) is 0.654. The Labute approximate surface area is 176 Å². The second-order valence-electron chi connectivity index (χ2n) is 8.35. The lowest BCUT2D eigenvalue weighted by molar-refractivity contribution is 0.0707. The predicted molar refractivity (Wildman–Crippen MR) is 118 cm³/mol. The number of methoxy groups -OCH3 is 1. The molecule has 3 aromatic rings.